The standard InChI is InChI=1S/C22H18N2O4S/c1-27-16-11-9-14(10-12-16)23-21(25)18-19(17-8-5-13-29-17)24(28-20(18)22(23)26)15-6-3-2-4-7-15/h2-13,18-20H,1H3/t18-,19+,20-/m1/s1. The molecule has 5 rings (SSSR count). The summed E-state index contributed by atoms with van der Waals surface area (Å²) in [6.45, 7) is 0. The fraction of sp³-hybridized carbons (Fsp3) is 0.182. The van der Waals surface area contributed by atoms with Gasteiger partial charge in [0.2, 0.25) is 5.91 Å². The first-order valence-corrected chi connectivity index (χ1v) is 10.1. The van der Waals surface area contributed by atoms with E-state index >= 15 is 0 Å². The number of rotatable bonds is 4. The zero-order valence-corrected chi connectivity index (χ0v) is 16.4. The SMILES string of the molecule is COc1ccc(N2C(=O)[C@H]3[C@@H](ON(c4ccccc4)[C@H]3c3cccs3)C2=O)cc1. The molecule has 2 aliphatic heterocycles. The van der Waals surface area contributed by atoms with Gasteiger partial charge in [-0.15, -0.1) is 11.3 Å². The number of amides is 2. The van der Waals surface area contributed by atoms with Crippen molar-refractivity contribution in [3.05, 3.63) is 77.0 Å². The van der Waals surface area contributed by atoms with E-state index in [-0.39, 0.29) is 17.9 Å². The second-order valence-corrected chi connectivity index (χ2v) is 7.86. The number of benzene rings is 2. The van der Waals surface area contributed by atoms with Crippen LogP contribution in [-0.2, 0) is 14.4 Å². The lowest BCUT2D eigenvalue weighted by atomic mass is 9.95. The van der Waals surface area contributed by atoms with Crippen LogP contribution in [0.25, 0.3) is 0 Å². The summed E-state index contributed by atoms with van der Waals surface area (Å²) in [7, 11) is 1.57. The van der Waals surface area contributed by atoms with Crippen LogP contribution in [0.4, 0.5) is 11.4 Å². The van der Waals surface area contributed by atoms with Crippen LogP contribution in [0.1, 0.15) is 10.9 Å². The van der Waals surface area contributed by atoms with Gasteiger partial charge >= 0.3 is 0 Å². The van der Waals surface area contributed by atoms with Crippen molar-refractivity contribution in [3.63, 3.8) is 0 Å². The van der Waals surface area contributed by atoms with Gasteiger partial charge in [-0.05, 0) is 47.8 Å². The predicted octanol–water partition coefficient (Wildman–Crippen LogP) is 3.81. The molecule has 2 aromatic carbocycles. The molecule has 0 unspecified atom stereocenters. The van der Waals surface area contributed by atoms with Crippen LogP contribution >= 0.6 is 11.3 Å². The summed E-state index contributed by atoms with van der Waals surface area (Å²) in [4.78, 5) is 34.9. The zero-order valence-electron chi connectivity index (χ0n) is 15.6. The van der Waals surface area contributed by atoms with Crippen LogP contribution in [-0.4, -0.2) is 25.0 Å². The first-order valence-electron chi connectivity index (χ1n) is 9.25. The lowest BCUT2D eigenvalue weighted by Gasteiger charge is -2.27. The Morgan fingerprint density at radius 1 is 0.897 bits per heavy atom. The topological polar surface area (TPSA) is 59.1 Å². The van der Waals surface area contributed by atoms with Gasteiger partial charge in [-0.3, -0.25) is 14.4 Å². The second-order valence-electron chi connectivity index (χ2n) is 6.88. The third kappa shape index (κ3) is 2.82. The van der Waals surface area contributed by atoms with Crippen molar-refractivity contribution >= 4 is 34.5 Å². The van der Waals surface area contributed by atoms with Crippen molar-refractivity contribution in [3.8, 4) is 5.75 Å². The number of fused-ring (bicyclic) bond motifs is 1. The quantitative estimate of drug-likeness (QED) is 0.617. The molecule has 29 heavy (non-hydrogen) atoms. The monoisotopic (exact) mass is 406 g/mol. The average Bonchev–Trinajstić information content (AvgIpc) is 3.47. The Hall–Kier alpha value is -3.16. The maximum absolute atomic E-state index is 13.4. The molecule has 7 heteroatoms. The van der Waals surface area contributed by atoms with E-state index in [2.05, 4.69) is 0 Å². The number of ether oxygens (including phenoxy) is 1. The largest absolute Gasteiger partial charge is 0.497 e. The minimum atomic E-state index is -0.850. The molecule has 2 amide bonds. The number of imide groups is 1. The Labute approximate surface area is 171 Å². The molecule has 0 spiro atoms. The van der Waals surface area contributed by atoms with Crippen LogP contribution in [0.15, 0.2) is 72.1 Å². The highest BCUT2D eigenvalue weighted by Gasteiger charge is 2.60. The molecule has 0 N–H and O–H groups in total. The van der Waals surface area contributed by atoms with Crippen molar-refractivity contribution in [2.75, 3.05) is 17.1 Å². The Morgan fingerprint density at radius 3 is 2.31 bits per heavy atom. The second kappa shape index (κ2) is 7.02. The highest BCUT2D eigenvalue weighted by molar-refractivity contribution is 7.10. The molecule has 0 radical (unpaired) electrons. The molecule has 146 valence electrons. The molecule has 0 aliphatic carbocycles. The summed E-state index contributed by atoms with van der Waals surface area (Å²) in [5.41, 5.74) is 1.34. The number of thiophene rings is 1. The first-order chi connectivity index (χ1) is 14.2. The zero-order chi connectivity index (χ0) is 20.0. The van der Waals surface area contributed by atoms with Crippen LogP contribution in [0, 0.1) is 5.92 Å². The highest BCUT2D eigenvalue weighted by Crippen LogP contribution is 2.48. The molecule has 3 heterocycles. The van der Waals surface area contributed by atoms with Crippen molar-refractivity contribution in [2.24, 2.45) is 5.92 Å². The fourth-order valence-electron chi connectivity index (χ4n) is 3.95. The molecule has 1 aromatic heterocycles. The highest BCUT2D eigenvalue weighted by atomic mass is 32.1. The van der Waals surface area contributed by atoms with Crippen molar-refractivity contribution in [1.29, 1.82) is 0 Å². The number of hydroxylamine groups is 1. The van der Waals surface area contributed by atoms with Gasteiger partial charge < -0.3 is 4.74 Å². The third-order valence-corrected chi connectivity index (χ3v) is 6.23. The number of anilines is 2. The van der Waals surface area contributed by atoms with Gasteiger partial charge in [0.25, 0.3) is 5.91 Å². The normalized spacial score (nSPS) is 23.6. The van der Waals surface area contributed by atoms with E-state index in [0.717, 1.165) is 10.6 Å². The fourth-order valence-corrected chi connectivity index (χ4v) is 4.80. The van der Waals surface area contributed by atoms with Gasteiger partial charge in [0.15, 0.2) is 6.10 Å². The molecule has 3 aromatic rings. The average molecular weight is 406 g/mol. The Bertz CT molecular complexity index is 1040. The maximum Gasteiger partial charge on any atom is 0.266 e. The van der Waals surface area contributed by atoms with Gasteiger partial charge in [0, 0.05) is 4.88 Å². The summed E-state index contributed by atoms with van der Waals surface area (Å²) < 4.78 is 5.17. The van der Waals surface area contributed by atoms with Crippen LogP contribution in [0.5, 0.6) is 5.75 Å². The van der Waals surface area contributed by atoms with Crippen LogP contribution in [0.3, 0.4) is 0 Å². The number of hydrogen-bond acceptors (Lipinski definition) is 6. The summed E-state index contributed by atoms with van der Waals surface area (Å²) in [5.74, 6) is -0.536. The smallest absolute Gasteiger partial charge is 0.266 e. The first kappa shape index (κ1) is 17.9. The molecule has 3 atom stereocenters. The molecular formula is C22H18N2O4S. The lowest BCUT2D eigenvalue weighted by molar-refractivity contribution is -0.126. The van der Waals surface area contributed by atoms with Gasteiger partial charge in [-0.1, -0.05) is 24.3 Å². The van der Waals surface area contributed by atoms with Gasteiger partial charge in [0.05, 0.1) is 18.5 Å². The van der Waals surface area contributed by atoms with Gasteiger partial charge in [-0.25, -0.2) is 9.96 Å². The van der Waals surface area contributed by atoms with Gasteiger partial charge in [0.1, 0.15) is 17.7 Å². The summed E-state index contributed by atoms with van der Waals surface area (Å²) in [5, 5.41) is 3.68. The Kier molecular flexibility index (Phi) is 4.34. The van der Waals surface area contributed by atoms with E-state index in [1.165, 1.54) is 4.90 Å². The van der Waals surface area contributed by atoms with Crippen LogP contribution < -0.4 is 14.7 Å². The van der Waals surface area contributed by atoms with E-state index in [9.17, 15) is 9.59 Å². The summed E-state index contributed by atoms with van der Waals surface area (Å²) in [6, 6.07) is 20.0. The summed E-state index contributed by atoms with van der Waals surface area (Å²) in [6.07, 6.45) is -0.850. The minimum Gasteiger partial charge on any atom is -0.497 e. The number of methoxy groups -OCH3 is 1. The lowest BCUT2D eigenvalue weighted by Crippen LogP contribution is -2.37. The molecule has 0 saturated carbocycles. The van der Waals surface area contributed by atoms with Crippen LogP contribution in [0.2, 0.25) is 0 Å². The molecule has 6 nitrogen and oxygen atoms in total. The van der Waals surface area contributed by atoms with Crippen molar-refractivity contribution in [2.45, 2.75) is 12.1 Å². The summed E-state index contributed by atoms with van der Waals surface area (Å²) >= 11 is 1.55. The van der Waals surface area contributed by atoms with E-state index < -0.39 is 12.0 Å². The van der Waals surface area contributed by atoms with E-state index in [4.69, 9.17) is 9.57 Å². The van der Waals surface area contributed by atoms with Gasteiger partial charge in [-0.2, -0.15) is 0 Å². The van der Waals surface area contributed by atoms with E-state index in [0.29, 0.717) is 11.4 Å². The number of carbonyl (C=O) groups is 2. The van der Waals surface area contributed by atoms with E-state index in [1.807, 2.05) is 47.8 Å². The number of nitrogens with zero attached hydrogens (tertiary/aromatic N) is 2. The number of carbonyl (C=O) groups excluding carboxylic acids is 2. The molecule has 2 fully saturated rings. The Morgan fingerprint density at radius 2 is 1.66 bits per heavy atom. The predicted molar refractivity (Wildman–Crippen MR) is 110 cm³/mol. The number of para-hydroxylation sites is 1. The Balaban J connectivity index is 1.54. The number of hydrogen-bond donors (Lipinski definition) is 0. The maximum atomic E-state index is 13.4. The molecular weight excluding hydrogens is 388 g/mol. The van der Waals surface area contributed by atoms with Crippen molar-refractivity contribution < 1.29 is 19.2 Å². The van der Waals surface area contributed by atoms with Crippen molar-refractivity contribution in [1.82, 2.24) is 0 Å². The molecule has 2 aliphatic rings. The third-order valence-electron chi connectivity index (χ3n) is 5.29. The van der Waals surface area contributed by atoms with E-state index in [1.54, 1.807) is 47.8 Å². The molecule has 0 bridgehead atoms. The minimum absolute atomic E-state index is 0.248. The molecule has 2 saturated heterocycles.